The number of thiophene rings is 1. The Morgan fingerprint density at radius 1 is 1.22 bits per heavy atom. The van der Waals surface area contributed by atoms with E-state index in [1.54, 1.807) is 24.3 Å². The van der Waals surface area contributed by atoms with Crippen molar-refractivity contribution in [2.24, 2.45) is 0 Å². The Morgan fingerprint density at radius 3 is 2.65 bits per heavy atom. The summed E-state index contributed by atoms with van der Waals surface area (Å²) in [4.78, 5) is 38.6. The summed E-state index contributed by atoms with van der Waals surface area (Å²) in [5.41, 5.74) is 1.30. The molecule has 1 aliphatic rings. The van der Waals surface area contributed by atoms with Gasteiger partial charge in [-0.1, -0.05) is 22.0 Å². The topological polar surface area (TPSA) is 66.5 Å². The van der Waals surface area contributed by atoms with Gasteiger partial charge in [-0.3, -0.25) is 14.9 Å². The largest absolute Gasteiger partial charge is 0.335 e. The molecule has 116 valence electrons. The molecule has 0 aliphatic carbocycles. The molecule has 1 N–H and O–H groups in total. The predicted molar refractivity (Wildman–Crippen MR) is 92.2 cm³/mol. The van der Waals surface area contributed by atoms with Crippen LogP contribution in [-0.4, -0.2) is 17.8 Å². The van der Waals surface area contributed by atoms with Crippen molar-refractivity contribution in [2.45, 2.75) is 6.92 Å². The van der Waals surface area contributed by atoms with Crippen LogP contribution in [0.4, 0.5) is 10.5 Å². The van der Waals surface area contributed by atoms with Crippen LogP contribution in [0.25, 0.3) is 6.08 Å². The molecule has 1 aromatic carbocycles. The first kappa shape index (κ1) is 15.6. The SMILES string of the molecule is Cc1ccsc1/C=C1\C(=O)NC(=O)N(c2cccc(Br)c2)C1=O. The summed E-state index contributed by atoms with van der Waals surface area (Å²) in [5.74, 6) is -1.32. The van der Waals surface area contributed by atoms with Crippen molar-refractivity contribution in [2.75, 3.05) is 4.90 Å². The molecular weight excluding hydrogens is 380 g/mol. The molecule has 4 amide bonds. The summed E-state index contributed by atoms with van der Waals surface area (Å²) in [5, 5.41) is 4.09. The first-order valence-electron chi connectivity index (χ1n) is 6.68. The standard InChI is InChI=1S/C16H11BrN2O3S/c1-9-5-6-23-13(9)8-12-14(20)18-16(22)19(15(12)21)11-4-2-3-10(17)7-11/h2-8H,1H3,(H,18,20,22)/b12-8+. The molecule has 1 aliphatic heterocycles. The number of carbonyl (C=O) groups excluding carboxylic acids is 3. The molecule has 0 radical (unpaired) electrons. The minimum absolute atomic E-state index is 0.0601. The lowest BCUT2D eigenvalue weighted by Gasteiger charge is -2.26. The lowest BCUT2D eigenvalue weighted by atomic mass is 10.1. The van der Waals surface area contributed by atoms with Crippen LogP contribution in [0.15, 0.2) is 45.8 Å². The van der Waals surface area contributed by atoms with E-state index in [0.717, 1.165) is 19.8 Å². The lowest BCUT2D eigenvalue weighted by Crippen LogP contribution is -2.54. The van der Waals surface area contributed by atoms with Gasteiger partial charge in [0.25, 0.3) is 11.8 Å². The first-order chi connectivity index (χ1) is 11.0. The maximum Gasteiger partial charge on any atom is 0.335 e. The number of halogens is 1. The highest BCUT2D eigenvalue weighted by Crippen LogP contribution is 2.26. The Labute approximate surface area is 144 Å². The zero-order valence-electron chi connectivity index (χ0n) is 12.0. The van der Waals surface area contributed by atoms with E-state index in [4.69, 9.17) is 0 Å². The molecule has 5 nitrogen and oxygen atoms in total. The Bertz CT molecular complexity index is 857. The Kier molecular flexibility index (Phi) is 4.14. The molecule has 3 rings (SSSR count). The van der Waals surface area contributed by atoms with Crippen LogP contribution in [-0.2, 0) is 9.59 Å². The summed E-state index contributed by atoms with van der Waals surface area (Å²) >= 11 is 4.73. The first-order valence-corrected chi connectivity index (χ1v) is 8.36. The van der Waals surface area contributed by atoms with Crippen LogP contribution in [0.5, 0.6) is 0 Å². The van der Waals surface area contributed by atoms with Gasteiger partial charge in [-0.15, -0.1) is 11.3 Å². The van der Waals surface area contributed by atoms with E-state index in [-0.39, 0.29) is 5.57 Å². The van der Waals surface area contributed by atoms with E-state index < -0.39 is 17.8 Å². The van der Waals surface area contributed by atoms with E-state index in [0.29, 0.717) is 5.69 Å². The number of benzene rings is 1. The van der Waals surface area contributed by atoms with E-state index >= 15 is 0 Å². The second kappa shape index (κ2) is 6.10. The average molecular weight is 391 g/mol. The van der Waals surface area contributed by atoms with Gasteiger partial charge in [0.15, 0.2) is 0 Å². The number of amides is 4. The van der Waals surface area contributed by atoms with Gasteiger partial charge in [0.2, 0.25) is 0 Å². The number of hydrogen-bond acceptors (Lipinski definition) is 4. The van der Waals surface area contributed by atoms with Gasteiger partial charge in [-0.2, -0.15) is 0 Å². The fourth-order valence-electron chi connectivity index (χ4n) is 2.17. The van der Waals surface area contributed by atoms with Gasteiger partial charge in [0.05, 0.1) is 5.69 Å². The second-order valence-corrected chi connectivity index (χ2v) is 6.77. The summed E-state index contributed by atoms with van der Waals surface area (Å²) in [7, 11) is 0. The van der Waals surface area contributed by atoms with Gasteiger partial charge in [-0.05, 0) is 48.2 Å². The fraction of sp³-hybridized carbons (Fsp3) is 0.0625. The number of imide groups is 2. The number of aryl methyl sites for hydroxylation is 1. The summed E-state index contributed by atoms with van der Waals surface area (Å²) < 4.78 is 0.729. The van der Waals surface area contributed by atoms with E-state index in [1.165, 1.54) is 17.4 Å². The smallest absolute Gasteiger partial charge is 0.273 e. The number of anilines is 1. The lowest BCUT2D eigenvalue weighted by molar-refractivity contribution is -0.122. The highest BCUT2D eigenvalue weighted by atomic mass is 79.9. The third kappa shape index (κ3) is 2.97. The monoisotopic (exact) mass is 390 g/mol. The van der Waals surface area contributed by atoms with Crippen LogP contribution in [0.2, 0.25) is 0 Å². The maximum absolute atomic E-state index is 12.7. The molecule has 23 heavy (non-hydrogen) atoms. The molecule has 7 heteroatoms. The normalized spacial score (nSPS) is 16.9. The molecular formula is C16H11BrN2O3S. The summed E-state index contributed by atoms with van der Waals surface area (Å²) in [6, 6.07) is 7.92. The minimum atomic E-state index is -0.752. The van der Waals surface area contributed by atoms with Crippen LogP contribution in [0.1, 0.15) is 10.4 Å². The Balaban J connectivity index is 2.04. The molecule has 0 spiro atoms. The number of barbiturate groups is 1. The zero-order chi connectivity index (χ0) is 16.6. The second-order valence-electron chi connectivity index (χ2n) is 4.91. The highest BCUT2D eigenvalue weighted by Gasteiger charge is 2.36. The molecule has 1 saturated heterocycles. The van der Waals surface area contributed by atoms with Gasteiger partial charge in [0, 0.05) is 9.35 Å². The Morgan fingerprint density at radius 2 is 2.00 bits per heavy atom. The average Bonchev–Trinajstić information content (AvgIpc) is 2.88. The van der Waals surface area contributed by atoms with E-state index in [1.807, 2.05) is 18.4 Å². The molecule has 0 saturated carbocycles. The highest BCUT2D eigenvalue weighted by molar-refractivity contribution is 9.10. The number of hydrogen-bond donors (Lipinski definition) is 1. The minimum Gasteiger partial charge on any atom is -0.273 e. The van der Waals surface area contributed by atoms with Gasteiger partial charge >= 0.3 is 6.03 Å². The maximum atomic E-state index is 12.7. The van der Waals surface area contributed by atoms with Crippen LogP contribution in [0.3, 0.4) is 0 Å². The van der Waals surface area contributed by atoms with Gasteiger partial charge < -0.3 is 0 Å². The summed E-state index contributed by atoms with van der Waals surface area (Å²) in [6.45, 7) is 1.89. The predicted octanol–water partition coefficient (Wildman–Crippen LogP) is 3.49. The fourth-order valence-corrected chi connectivity index (χ4v) is 3.42. The van der Waals surface area contributed by atoms with Crippen LogP contribution >= 0.6 is 27.3 Å². The molecule has 0 atom stereocenters. The van der Waals surface area contributed by atoms with Crippen molar-refractivity contribution in [1.82, 2.24) is 5.32 Å². The summed E-state index contributed by atoms with van der Waals surface area (Å²) in [6.07, 6.45) is 1.52. The van der Waals surface area contributed by atoms with Crippen molar-refractivity contribution in [3.8, 4) is 0 Å². The molecule has 0 bridgehead atoms. The number of nitrogens with one attached hydrogen (secondary N) is 1. The third-order valence-corrected chi connectivity index (χ3v) is 4.80. The third-order valence-electron chi connectivity index (χ3n) is 3.35. The number of nitrogens with zero attached hydrogens (tertiary/aromatic N) is 1. The molecule has 2 aromatic rings. The van der Waals surface area contributed by atoms with E-state index in [2.05, 4.69) is 21.2 Å². The number of carbonyl (C=O) groups is 3. The molecule has 0 unspecified atom stereocenters. The molecule has 1 fully saturated rings. The van der Waals surface area contributed by atoms with Crippen LogP contribution < -0.4 is 10.2 Å². The Hall–Kier alpha value is -2.25. The van der Waals surface area contributed by atoms with Crippen molar-refractivity contribution in [3.63, 3.8) is 0 Å². The van der Waals surface area contributed by atoms with Crippen molar-refractivity contribution < 1.29 is 14.4 Å². The van der Waals surface area contributed by atoms with Gasteiger partial charge in [-0.25, -0.2) is 9.69 Å². The van der Waals surface area contributed by atoms with Crippen LogP contribution in [0, 0.1) is 6.92 Å². The van der Waals surface area contributed by atoms with Gasteiger partial charge in [0.1, 0.15) is 5.57 Å². The van der Waals surface area contributed by atoms with Crippen molar-refractivity contribution in [1.29, 1.82) is 0 Å². The quantitative estimate of drug-likeness (QED) is 0.630. The van der Waals surface area contributed by atoms with Crippen molar-refractivity contribution >= 4 is 56.9 Å². The van der Waals surface area contributed by atoms with Crippen molar-refractivity contribution in [3.05, 3.63) is 56.2 Å². The van der Waals surface area contributed by atoms with E-state index in [9.17, 15) is 14.4 Å². The molecule has 1 aromatic heterocycles. The number of urea groups is 1. The number of rotatable bonds is 2. The zero-order valence-corrected chi connectivity index (χ0v) is 14.4. The molecule has 2 heterocycles.